The number of hydrogen-bond acceptors (Lipinski definition) is 5. The van der Waals surface area contributed by atoms with Crippen molar-refractivity contribution in [3.05, 3.63) is 51.3 Å². The van der Waals surface area contributed by atoms with Gasteiger partial charge in [-0.1, -0.05) is 18.7 Å². The summed E-state index contributed by atoms with van der Waals surface area (Å²) in [5.74, 6) is -0.0209. The van der Waals surface area contributed by atoms with Gasteiger partial charge in [-0.05, 0) is 19.1 Å². The van der Waals surface area contributed by atoms with Gasteiger partial charge in [-0.15, -0.1) is 11.3 Å². The zero-order chi connectivity index (χ0) is 15.4. The molecule has 0 atom stereocenters. The van der Waals surface area contributed by atoms with Gasteiger partial charge < -0.3 is 5.11 Å². The summed E-state index contributed by atoms with van der Waals surface area (Å²) in [7, 11) is 1.49. The second kappa shape index (κ2) is 6.45. The molecule has 0 spiro atoms. The van der Waals surface area contributed by atoms with Crippen LogP contribution in [-0.4, -0.2) is 24.9 Å². The Bertz CT molecular complexity index is 803. The van der Waals surface area contributed by atoms with Crippen molar-refractivity contribution in [1.82, 2.24) is 0 Å². The summed E-state index contributed by atoms with van der Waals surface area (Å²) in [6.45, 7) is 6.36. The predicted octanol–water partition coefficient (Wildman–Crippen LogP) is 2.55. The fraction of sp³-hybridized carbons (Fsp3) is 0.188. The maximum Gasteiger partial charge on any atom is 0.219 e. The molecular weight excluding hydrogens is 284 g/mol. The van der Waals surface area contributed by atoms with E-state index in [-0.39, 0.29) is 16.5 Å². The second-order valence-corrected chi connectivity index (χ2v) is 5.36. The van der Waals surface area contributed by atoms with Gasteiger partial charge in [0.15, 0.2) is 5.75 Å². The van der Waals surface area contributed by atoms with Crippen LogP contribution in [0.3, 0.4) is 0 Å². The summed E-state index contributed by atoms with van der Waals surface area (Å²) in [5, 5.41) is 10.0. The molecule has 0 unspecified atom stereocenters. The first kappa shape index (κ1) is 15.1. The van der Waals surface area contributed by atoms with E-state index in [2.05, 4.69) is 16.6 Å². The number of rotatable bonds is 5. The van der Waals surface area contributed by atoms with Crippen molar-refractivity contribution in [3.8, 4) is 16.2 Å². The minimum absolute atomic E-state index is 0.0209. The van der Waals surface area contributed by atoms with Crippen LogP contribution in [0.15, 0.2) is 45.6 Å². The summed E-state index contributed by atoms with van der Waals surface area (Å²) in [4.78, 5) is 21.6. The largest absolute Gasteiger partial charge is 0.505 e. The molecule has 0 radical (unpaired) electrons. The van der Waals surface area contributed by atoms with Gasteiger partial charge in [-0.3, -0.25) is 14.8 Å². The van der Waals surface area contributed by atoms with Crippen molar-refractivity contribution in [2.45, 2.75) is 6.92 Å². The van der Waals surface area contributed by atoms with Crippen molar-refractivity contribution in [2.75, 3.05) is 13.6 Å². The molecule has 1 aromatic carbocycles. The Morgan fingerprint density at radius 1 is 1.48 bits per heavy atom. The van der Waals surface area contributed by atoms with E-state index in [0.29, 0.717) is 12.1 Å². The molecule has 0 aliphatic carbocycles. The third-order valence-electron chi connectivity index (χ3n) is 2.97. The maximum absolute atomic E-state index is 11.9. The molecule has 4 nitrogen and oxygen atoms in total. The number of aliphatic imine (C=N–C) groups is 1. The highest BCUT2D eigenvalue weighted by Crippen LogP contribution is 2.33. The average molecular weight is 300 g/mol. The maximum atomic E-state index is 11.9. The number of hydrogen-bond donors (Lipinski definition) is 1. The van der Waals surface area contributed by atoms with Crippen LogP contribution in [0.5, 0.6) is 5.75 Å². The van der Waals surface area contributed by atoms with Gasteiger partial charge in [0, 0.05) is 35.1 Å². The van der Waals surface area contributed by atoms with Crippen molar-refractivity contribution in [2.24, 2.45) is 9.98 Å². The molecule has 0 fully saturated rings. The van der Waals surface area contributed by atoms with Gasteiger partial charge in [0.1, 0.15) is 5.36 Å². The first-order valence-electron chi connectivity index (χ1n) is 6.52. The van der Waals surface area contributed by atoms with Crippen LogP contribution in [0, 0.1) is 0 Å². The number of nitrogens with zero attached hydrogens (tertiary/aromatic N) is 2. The zero-order valence-electron chi connectivity index (χ0n) is 12.0. The molecule has 0 bridgehead atoms. The fourth-order valence-corrected chi connectivity index (χ4v) is 3.00. The molecule has 0 aliphatic rings. The van der Waals surface area contributed by atoms with Crippen LogP contribution in [0.25, 0.3) is 16.0 Å². The van der Waals surface area contributed by atoms with Crippen LogP contribution in [0.2, 0.25) is 0 Å². The highest BCUT2D eigenvalue weighted by Gasteiger charge is 2.21. The lowest BCUT2D eigenvalue weighted by molar-refractivity contribution is 0.463. The van der Waals surface area contributed by atoms with E-state index in [1.807, 2.05) is 25.1 Å². The first-order chi connectivity index (χ1) is 10.1. The van der Waals surface area contributed by atoms with Crippen molar-refractivity contribution in [3.63, 3.8) is 0 Å². The molecule has 1 N–H and O–H groups in total. The minimum Gasteiger partial charge on any atom is -0.505 e. The Morgan fingerprint density at radius 2 is 2.24 bits per heavy atom. The SMILES string of the molecule is C=C/C=C(\C=NCC)c1ccc(-c2c(O)c(=NC)c2=O)s1. The summed E-state index contributed by atoms with van der Waals surface area (Å²) in [6, 6.07) is 3.73. The van der Waals surface area contributed by atoms with Crippen molar-refractivity contribution in [1.29, 1.82) is 0 Å². The predicted molar refractivity (Wildman–Crippen MR) is 88.8 cm³/mol. The highest BCUT2D eigenvalue weighted by atomic mass is 32.1. The summed E-state index contributed by atoms with van der Waals surface area (Å²) >= 11 is 1.43. The lowest BCUT2D eigenvalue weighted by Gasteiger charge is -2.04. The normalized spacial score (nSPS) is 13.4. The third-order valence-corrected chi connectivity index (χ3v) is 4.13. The third kappa shape index (κ3) is 2.78. The van der Waals surface area contributed by atoms with Crippen LogP contribution >= 0.6 is 11.3 Å². The quantitative estimate of drug-likeness (QED) is 0.681. The molecule has 2 rings (SSSR count). The minimum atomic E-state index is -0.208. The molecule has 1 heterocycles. The van der Waals surface area contributed by atoms with Gasteiger partial charge in [0.05, 0.1) is 5.56 Å². The van der Waals surface area contributed by atoms with E-state index in [4.69, 9.17) is 0 Å². The van der Waals surface area contributed by atoms with Crippen molar-refractivity contribution < 1.29 is 5.11 Å². The van der Waals surface area contributed by atoms with Crippen LogP contribution in [-0.2, 0) is 0 Å². The van der Waals surface area contributed by atoms with Crippen LogP contribution in [0.4, 0.5) is 0 Å². The Hall–Kier alpha value is -2.27. The average Bonchev–Trinajstić information content (AvgIpc) is 2.93. The lowest BCUT2D eigenvalue weighted by atomic mass is 10.1. The molecule has 0 saturated heterocycles. The Morgan fingerprint density at radius 3 is 2.81 bits per heavy atom. The Balaban J connectivity index is 2.42. The van der Waals surface area contributed by atoms with E-state index in [0.717, 1.165) is 15.3 Å². The zero-order valence-corrected chi connectivity index (χ0v) is 12.8. The summed E-state index contributed by atoms with van der Waals surface area (Å²) < 4.78 is 0. The molecule has 2 aromatic rings. The van der Waals surface area contributed by atoms with E-state index in [9.17, 15) is 9.90 Å². The molecular formula is C16H16N2O2S. The Labute approximate surface area is 126 Å². The fourth-order valence-electron chi connectivity index (χ4n) is 1.96. The number of allylic oxidation sites excluding steroid dienone is 3. The molecule has 1 aromatic heterocycles. The number of thiophene rings is 1. The molecule has 5 heteroatoms. The standard InChI is InChI=1S/C16H16N2O2S/c1-4-6-10(9-18-5-2)11-7-8-12(21-11)13-15(19)14(17-3)16(13)20/h4,6-9,19H,1,5H2,2-3H3/b10-6+,17-14?,18-9?. The molecule has 108 valence electrons. The molecule has 0 saturated carbocycles. The lowest BCUT2D eigenvalue weighted by Crippen LogP contribution is -2.32. The van der Waals surface area contributed by atoms with Gasteiger partial charge in [-0.25, -0.2) is 0 Å². The van der Waals surface area contributed by atoms with Crippen molar-refractivity contribution >= 4 is 23.1 Å². The summed E-state index contributed by atoms with van der Waals surface area (Å²) in [6.07, 6.45) is 5.35. The molecule has 21 heavy (non-hydrogen) atoms. The van der Waals surface area contributed by atoms with Crippen LogP contribution in [0.1, 0.15) is 11.8 Å². The van der Waals surface area contributed by atoms with E-state index < -0.39 is 0 Å². The Kier molecular flexibility index (Phi) is 4.65. The smallest absolute Gasteiger partial charge is 0.219 e. The van der Waals surface area contributed by atoms with Gasteiger partial charge in [0.25, 0.3) is 0 Å². The van der Waals surface area contributed by atoms with E-state index in [1.54, 1.807) is 12.3 Å². The van der Waals surface area contributed by atoms with Gasteiger partial charge in [-0.2, -0.15) is 0 Å². The van der Waals surface area contributed by atoms with Gasteiger partial charge in [0.2, 0.25) is 5.43 Å². The van der Waals surface area contributed by atoms with E-state index in [1.165, 1.54) is 18.4 Å². The molecule has 0 aliphatic heterocycles. The second-order valence-electron chi connectivity index (χ2n) is 4.27. The topological polar surface area (TPSA) is 62.0 Å². The summed E-state index contributed by atoms with van der Waals surface area (Å²) in [5.41, 5.74) is 1.07. The highest BCUT2D eigenvalue weighted by molar-refractivity contribution is 7.16. The number of aromatic hydroxyl groups is 1. The van der Waals surface area contributed by atoms with Gasteiger partial charge >= 0.3 is 0 Å². The first-order valence-corrected chi connectivity index (χ1v) is 7.33. The molecule has 0 amide bonds. The van der Waals surface area contributed by atoms with Crippen LogP contribution < -0.4 is 10.8 Å². The monoisotopic (exact) mass is 300 g/mol. The van der Waals surface area contributed by atoms with E-state index >= 15 is 0 Å².